The molecule has 2 aliphatic rings. The second kappa shape index (κ2) is 15.3. The zero-order valence-corrected chi connectivity index (χ0v) is 28.1. The number of esters is 1. The lowest BCUT2D eigenvalue weighted by atomic mass is 10.0. The number of carbonyl (C=O) groups excluding carboxylic acids is 1. The lowest BCUT2D eigenvalue weighted by molar-refractivity contribution is -0.139. The normalized spacial score (nSPS) is 23.8. The highest BCUT2D eigenvalue weighted by Gasteiger charge is 2.39. The molecule has 0 aromatic carbocycles. The van der Waals surface area contributed by atoms with Crippen LogP contribution in [0.25, 0.3) is 0 Å². The second-order valence-electron chi connectivity index (χ2n) is 13.0. The van der Waals surface area contributed by atoms with Crippen molar-refractivity contribution in [3.63, 3.8) is 0 Å². The van der Waals surface area contributed by atoms with E-state index in [1.807, 2.05) is 13.0 Å². The van der Waals surface area contributed by atoms with Crippen LogP contribution in [0.1, 0.15) is 99.8 Å². The van der Waals surface area contributed by atoms with Gasteiger partial charge in [0, 0.05) is 12.0 Å². The molecule has 0 aromatic heterocycles. The average Bonchev–Trinajstić information content (AvgIpc) is 3.43. The van der Waals surface area contributed by atoms with Crippen molar-refractivity contribution in [3.05, 3.63) is 23.8 Å². The van der Waals surface area contributed by atoms with E-state index in [4.69, 9.17) is 18.3 Å². The fourth-order valence-corrected chi connectivity index (χ4v) is 9.25. The van der Waals surface area contributed by atoms with Crippen LogP contribution in [0.3, 0.4) is 0 Å². The Balaban J connectivity index is 1.73. The summed E-state index contributed by atoms with van der Waals surface area (Å²) in [6.45, 7) is 20.9. The third-order valence-corrected chi connectivity index (χ3v) is 18.3. The van der Waals surface area contributed by atoms with Crippen LogP contribution in [0, 0.1) is 0 Å². The van der Waals surface area contributed by atoms with Gasteiger partial charge in [-0.05, 0) is 87.8 Å². The van der Waals surface area contributed by atoms with Gasteiger partial charge in [-0.3, -0.25) is 0 Å². The predicted octanol–water partition coefficient (Wildman–Crippen LogP) is 8.71. The van der Waals surface area contributed by atoms with Crippen LogP contribution in [0.2, 0.25) is 36.3 Å². The van der Waals surface area contributed by atoms with Crippen molar-refractivity contribution >= 4 is 22.6 Å². The van der Waals surface area contributed by atoms with E-state index in [2.05, 4.69) is 66.8 Å². The average molecular weight is 567 g/mol. The van der Waals surface area contributed by atoms with Crippen LogP contribution in [-0.2, 0) is 23.1 Å². The molecule has 0 spiro atoms. The van der Waals surface area contributed by atoms with Crippen molar-refractivity contribution in [2.75, 3.05) is 6.61 Å². The van der Waals surface area contributed by atoms with E-state index in [0.717, 1.165) is 37.9 Å². The van der Waals surface area contributed by atoms with Gasteiger partial charge < -0.3 is 18.3 Å². The van der Waals surface area contributed by atoms with Crippen molar-refractivity contribution in [2.45, 2.75) is 161 Å². The van der Waals surface area contributed by atoms with E-state index < -0.39 is 16.6 Å². The largest absolute Gasteiger partial charge is 0.455 e. The number of ether oxygens (including phenoxy) is 2. The molecule has 2 aliphatic heterocycles. The molecular weight excluding hydrogens is 509 g/mol. The molecule has 7 heteroatoms. The molecule has 4 atom stereocenters. The Morgan fingerprint density at radius 3 is 2.29 bits per heavy atom. The molecule has 0 aliphatic carbocycles. The standard InChI is InChI=1S/C31H58O5Si2/c1-10-38(11-2,12-3)33-24-29-21-20-27(35-29)18-16-14-13-15-17-19-28(36-37(8,9)31(5,6)7)23-26-22-25(4)34-30(26)32/h15,17,22,25,27-29H,10-14,16,18-21,23-24H2,1-9H3/b17-15+/t25-,27-,28+,29-/m0/s1. The molecule has 0 N–H and O–H groups in total. The summed E-state index contributed by atoms with van der Waals surface area (Å²) in [5, 5.41) is 0.132. The summed E-state index contributed by atoms with van der Waals surface area (Å²) in [7, 11) is -3.46. The first-order valence-electron chi connectivity index (χ1n) is 15.4. The topological polar surface area (TPSA) is 54.0 Å². The summed E-state index contributed by atoms with van der Waals surface area (Å²) in [5.74, 6) is -0.185. The molecular formula is C31H58O5Si2. The van der Waals surface area contributed by atoms with Gasteiger partial charge >= 0.3 is 5.97 Å². The van der Waals surface area contributed by atoms with Gasteiger partial charge in [-0.25, -0.2) is 4.79 Å². The Hall–Kier alpha value is -0.736. The highest BCUT2D eigenvalue weighted by Crippen LogP contribution is 2.38. The molecule has 0 aromatic rings. The van der Waals surface area contributed by atoms with E-state index in [9.17, 15) is 4.79 Å². The number of allylic oxidation sites excluding steroid dienone is 1. The minimum absolute atomic E-state index is 0.0113. The monoisotopic (exact) mass is 566 g/mol. The smallest absolute Gasteiger partial charge is 0.334 e. The lowest BCUT2D eigenvalue weighted by Crippen LogP contribution is -2.44. The van der Waals surface area contributed by atoms with Gasteiger partial charge in [-0.2, -0.15) is 0 Å². The van der Waals surface area contributed by atoms with E-state index in [1.54, 1.807) is 0 Å². The maximum absolute atomic E-state index is 12.2. The highest BCUT2D eigenvalue weighted by molar-refractivity contribution is 6.74. The van der Waals surface area contributed by atoms with Crippen molar-refractivity contribution in [1.29, 1.82) is 0 Å². The van der Waals surface area contributed by atoms with Crippen LogP contribution in [0.4, 0.5) is 0 Å². The van der Waals surface area contributed by atoms with Crippen molar-refractivity contribution < 1.29 is 23.1 Å². The molecule has 0 unspecified atom stereocenters. The highest BCUT2D eigenvalue weighted by atomic mass is 28.4. The minimum atomic E-state index is -1.94. The third kappa shape index (κ3) is 10.3. The predicted molar refractivity (Wildman–Crippen MR) is 164 cm³/mol. The van der Waals surface area contributed by atoms with Crippen molar-refractivity contribution in [2.24, 2.45) is 0 Å². The maximum Gasteiger partial charge on any atom is 0.334 e. The minimum Gasteiger partial charge on any atom is -0.455 e. The zero-order chi connectivity index (χ0) is 28.4. The molecule has 1 fully saturated rings. The Bertz CT molecular complexity index is 773. The van der Waals surface area contributed by atoms with Crippen molar-refractivity contribution in [1.82, 2.24) is 0 Å². The summed E-state index contributed by atoms with van der Waals surface area (Å²) in [5.41, 5.74) is 0.766. The van der Waals surface area contributed by atoms with Crippen LogP contribution in [0.5, 0.6) is 0 Å². The van der Waals surface area contributed by atoms with Crippen LogP contribution >= 0.6 is 0 Å². The quantitative estimate of drug-likeness (QED) is 0.0762. The van der Waals surface area contributed by atoms with Gasteiger partial charge in [-0.1, -0.05) is 60.1 Å². The summed E-state index contributed by atoms with van der Waals surface area (Å²) >= 11 is 0. The molecule has 0 radical (unpaired) electrons. The van der Waals surface area contributed by atoms with Crippen molar-refractivity contribution in [3.8, 4) is 0 Å². The van der Waals surface area contributed by atoms with E-state index in [1.165, 1.54) is 37.4 Å². The lowest BCUT2D eigenvalue weighted by Gasteiger charge is -2.39. The Labute approximate surface area is 236 Å². The molecule has 2 heterocycles. The number of unbranched alkanes of at least 4 members (excludes halogenated alkanes) is 2. The summed E-state index contributed by atoms with van der Waals surface area (Å²) in [6.07, 6.45) is 15.4. The van der Waals surface area contributed by atoms with Gasteiger partial charge in [0.15, 0.2) is 16.6 Å². The number of carbonyl (C=O) groups is 1. The van der Waals surface area contributed by atoms with Gasteiger partial charge in [0.25, 0.3) is 0 Å². The molecule has 220 valence electrons. The maximum atomic E-state index is 12.2. The Morgan fingerprint density at radius 1 is 1.05 bits per heavy atom. The number of hydrogen-bond donors (Lipinski definition) is 0. The van der Waals surface area contributed by atoms with Crippen LogP contribution < -0.4 is 0 Å². The van der Waals surface area contributed by atoms with Gasteiger partial charge in [-0.15, -0.1) is 0 Å². The summed E-state index contributed by atoms with van der Waals surface area (Å²) < 4.78 is 24.8. The Morgan fingerprint density at radius 2 is 1.71 bits per heavy atom. The third-order valence-electron chi connectivity index (χ3n) is 9.12. The fourth-order valence-electron chi connectivity index (χ4n) is 5.23. The van der Waals surface area contributed by atoms with Gasteiger partial charge in [0.1, 0.15) is 6.10 Å². The summed E-state index contributed by atoms with van der Waals surface area (Å²) in [6, 6.07) is 3.61. The molecule has 0 amide bonds. The second-order valence-corrected chi connectivity index (χ2v) is 22.5. The first-order chi connectivity index (χ1) is 17.8. The first kappa shape index (κ1) is 33.5. The number of rotatable bonds is 17. The molecule has 0 bridgehead atoms. The van der Waals surface area contributed by atoms with E-state index in [-0.39, 0.29) is 23.2 Å². The number of hydrogen-bond acceptors (Lipinski definition) is 5. The van der Waals surface area contributed by atoms with E-state index >= 15 is 0 Å². The van der Waals surface area contributed by atoms with Gasteiger partial charge in [0.05, 0.1) is 24.9 Å². The molecule has 38 heavy (non-hydrogen) atoms. The van der Waals surface area contributed by atoms with Crippen LogP contribution in [-0.4, -0.2) is 53.6 Å². The molecule has 2 rings (SSSR count). The fraction of sp³-hybridized carbons (Fsp3) is 0.839. The Kier molecular flexibility index (Phi) is 13.5. The molecule has 1 saturated heterocycles. The zero-order valence-electron chi connectivity index (χ0n) is 26.1. The van der Waals surface area contributed by atoms with Crippen LogP contribution in [0.15, 0.2) is 23.8 Å². The number of cyclic esters (lactones) is 1. The van der Waals surface area contributed by atoms with Gasteiger partial charge in [0.2, 0.25) is 0 Å². The van der Waals surface area contributed by atoms with E-state index in [0.29, 0.717) is 18.6 Å². The molecule has 0 saturated carbocycles. The first-order valence-corrected chi connectivity index (χ1v) is 20.8. The SMILES string of the molecule is CC[Si](CC)(CC)OC[C@@H]1CC[C@H](CCCC/C=C/C[C@H](CC2=C[C@H](C)OC2=O)O[Si](C)(C)C(C)(C)C)O1. The summed E-state index contributed by atoms with van der Waals surface area (Å²) in [4.78, 5) is 12.2. The molecule has 5 nitrogen and oxygen atoms in total.